The van der Waals surface area contributed by atoms with Gasteiger partial charge in [-0.25, -0.2) is 8.78 Å². The number of hydrogen-bond acceptors (Lipinski definition) is 3. The highest BCUT2D eigenvalue weighted by Gasteiger charge is 2.46. The molecule has 2 rings (SSSR count). The molecular weight excluding hydrogens is 254 g/mol. The van der Waals surface area contributed by atoms with Gasteiger partial charge in [0.2, 0.25) is 0 Å². The number of alkyl halides is 2. The van der Waals surface area contributed by atoms with Gasteiger partial charge in [-0.3, -0.25) is 4.79 Å². The second-order valence-electron chi connectivity index (χ2n) is 4.52. The summed E-state index contributed by atoms with van der Waals surface area (Å²) in [6, 6.07) is 6.80. The predicted molar refractivity (Wildman–Crippen MR) is 62.6 cm³/mol. The van der Waals surface area contributed by atoms with Crippen molar-refractivity contribution >= 4 is 5.91 Å². The number of carbonyl (C=O) groups is 1. The van der Waals surface area contributed by atoms with Crippen molar-refractivity contribution in [1.82, 2.24) is 4.90 Å². The number of nitrogens with zero attached hydrogens (tertiary/aromatic N) is 2. The van der Waals surface area contributed by atoms with Crippen LogP contribution in [0, 0.1) is 11.3 Å². The summed E-state index contributed by atoms with van der Waals surface area (Å²) in [4.78, 5) is 13.1. The lowest BCUT2D eigenvalue weighted by Gasteiger charge is -2.22. The zero-order chi connectivity index (χ0) is 14.0. The van der Waals surface area contributed by atoms with Gasteiger partial charge in [-0.15, -0.1) is 0 Å². The molecule has 1 aromatic rings. The van der Waals surface area contributed by atoms with E-state index in [1.807, 2.05) is 6.07 Å². The molecule has 0 aromatic heterocycles. The molecule has 6 heteroatoms. The monoisotopic (exact) mass is 266 g/mol. The summed E-state index contributed by atoms with van der Waals surface area (Å²) in [6.07, 6.45) is -0.522. The van der Waals surface area contributed by atoms with Crippen LogP contribution in [0.25, 0.3) is 0 Å². The Hall–Kier alpha value is -2.00. The third-order valence-electron chi connectivity index (χ3n) is 3.11. The first-order valence-corrected chi connectivity index (χ1v) is 5.76. The molecule has 1 aliphatic rings. The molecule has 0 aliphatic carbocycles. The number of likely N-dealkylation sites (tertiary alicyclic amines) is 1. The molecule has 1 aliphatic heterocycles. The SMILES string of the molecule is N#Cc1ccc(C(=O)N2CC(F)(F)CC2CO)cc1. The van der Waals surface area contributed by atoms with Gasteiger partial charge < -0.3 is 10.0 Å². The molecule has 1 unspecified atom stereocenters. The predicted octanol–water partition coefficient (Wildman–Crippen LogP) is 1.40. The van der Waals surface area contributed by atoms with Crippen molar-refractivity contribution in [2.24, 2.45) is 0 Å². The van der Waals surface area contributed by atoms with Crippen molar-refractivity contribution in [3.63, 3.8) is 0 Å². The number of carbonyl (C=O) groups excluding carboxylic acids is 1. The number of benzene rings is 1. The Bertz CT molecular complexity index is 522. The van der Waals surface area contributed by atoms with Gasteiger partial charge in [0.25, 0.3) is 11.8 Å². The second kappa shape index (κ2) is 4.94. The summed E-state index contributed by atoms with van der Waals surface area (Å²) in [5, 5.41) is 17.7. The van der Waals surface area contributed by atoms with E-state index in [1.165, 1.54) is 24.3 Å². The van der Waals surface area contributed by atoms with E-state index in [4.69, 9.17) is 10.4 Å². The molecule has 1 fully saturated rings. The summed E-state index contributed by atoms with van der Waals surface area (Å²) in [5.74, 6) is -3.52. The Morgan fingerprint density at radius 1 is 1.47 bits per heavy atom. The van der Waals surface area contributed by atoms with Gasteiger partial charge in [-0.05, 0) is 24.3 Å². The molecule has 0 radical (unpaired) electrons. The average Bonchev–Trinajstić information content (AvgIpc) is 2.73. The molecular formula is C13H12F2N2O2. The van der Waals surface area contributed by atoms with Gasteiger partial charge >= 0.3 is 0 Å². The minimum Gasteiger partial charge on any atom is -0.394 e. The molecule has 1 saturated heterocycles. The maximum atomic E-state index is 13.3. The highest BCUT2D eigenvalue weighted by Crippen LogP contribution is 2.32. The van der Waals surface area contributed by atoms with Crippen LogP contribution in [0.5, 0.6) is 0 Å². The quantitative estimate of drug-likeness (QED) is 0.880. The van der Waals surface area contributed by atoms with Crippen LogP contribution in [-0.2, 0) is 0 Å². The van der Waals surface area contributed by atoms with Crippen molar-refractivity contribution < 1.29 is 18.7 Å². The number of amides is 1. The van der Waals surface area contributed by atoms with E-state index in [-0.39, 0.29) is 5.56 Å². The van der Waals surface area contributed by atoms with Gasteiger partial charge in [0.15, 0.2) is 0 Å². The minimum absolute atomic E-state index is 0.232. The third-order valence-corrected chi connectivity index (χ3v) is 3.11. The summed E-state index contributed by atoms with van der Waals surface area (Å²) >= 11 is 0. The summed E-state index contributed by atoms with van der Waals surface area (Å²) in [5.41, 5.74) is 0.622. The molecule has 0 saturated carbocycles. The summed E-state index contributed by atoms with van der Waals surface area (Å²) in [7, 11) is 0. The molecule has 1 amide bonds. The van der Waals surface area contributed by atoms with E-state index in [0.717, 1.165) is 4.90 Å². The van der Waals surface area contributed by atoms with Gasteiger partial charge in [0.1, 0.15) is 0 Å². The minimum atomic E-state index is -2.96. The van der Waals surface area contributed by atoms with E-state index in [2.05, 4.69) is 0 Å². The topological polar surface area (TPSA) is 64.3 Å². The standard InChI is InChI=1S/C13H12F2N2O2/c14-13(15)5-11(7-18)17(8-13)12(19)10-3-1-9(6-16)2-4-10/h1-4,11,18H,5,7-8H2. The van der Waals surface area contributed by atoms with Crippen LogP contribution in [0.4, 0.5) is 8.78 Å². The van der Waals surface area contributed by atoms with Gasteiger partial charge in [-0.1, -0.05) is 0 Å². The van der Waals surface area contributed by atoms with Crippen LogP contribution in [0.3, 0.4) is 0 Å². The Morgan fingerprint density at radius 2 is 2.11 bits per heavy atom. The third kappa shape index (κ3) is 2.71. The maximum absolute atomic E-state index is 13.3. The molecule has 19 heavy (non-hydrogen) atoms. The number of rotatable bonds is 2. The number of hydrogen-bond donors (Lipinski definition) is 1. The largest absolute Gasteiger partial charge is 0.394 e. The fraction of sp³-hybridized carbons (Fsp3) is 0.385. The van der Waals surface area contributed by atoms with Crippen molar-refractivity contribution in [2.45, 2.75) is 18.4 Å². The fourth-order valence-corrected chi connectivity index (χ4v) is 2.15. The normalized spacial score (nSPS) is 21.2. The lowest BCUT2D eigenvalue weighted by molar-refractivity contribution is 0.0116. The molecule has 0 spiro atoms. The van der Waals surface area contributed by atoms with Crippen LogP contribution in [0.1, 0.15) is 22.3 Å². The lowest BCUT2D eigenvalue weighted by Crippen LogP contribution is -2.38. The van der Waals surface area contributed by atoms with Gasteiger partial charge in [-0.2, -0.15) is 5.26 Å². The molecule has 1 heterocycles. The van der Waals surface area contributed by atoms with Gasteiger partial charge in [0.05, 0.1) is 30.8 Å². The van der Waals surface area contributed by atoms with Crippen LogP contribution < -0.4 is 0 Å². The lowest BCUT2D eigenvalue weighted by atomic mass is 10.1. The highest BCUT2D eigenvalue weighted by atomic mass is 19.3. The molecule has 4 nitrogen and oxygen atoms in total. The fourth-order valence-electron chi connectivity index (χ4n) is 2.15. The summed E-state index contributed by atoms with van der Waals surface area (Å²) in [6.45, 7) is -1.17. The molecule has 100 valence electrons. The van der Waals surface area contributed by atoms with Crippen LogP contribution in [0.2, 0.25) is 0 Å². The van der Waals surface area contributed by atoms with Crippen molar-refractivity contribution in [3.8, 4) is 6.07 Å². The Labute approximate surface area is 108 Å². The molecule has 1 N–H and O–H groups in total. The number of nitriles is 1. The van der Waals surface area contributed by atoms with E-state index in [9.17, 15) is 13.6 Å². The van der Waals surface area contributed by atoms with Crippen molar-refractivity contribution in [3.05, 3.63) is 35.4 Å². The van der Waals surface area contributed by atoms with Gasteiger partial charge in [0, 0.05) is 12.0 Å². The first-order valence-electron chi connectivity index (χ1n) is 5.76. The highest BCUT2D eigenvalue weighted by molar-refractivity contribution is 5.94. The summed E-state index contributed by atoms with van der Waals surface area (Å²) < 4.78 is 26.6. The Balaban J connectivity index is 2.21. The van der Waals surface area contributed by atoms with Crippen LogP contribution in [-0.4, -0.2) is 41.0 Å². The first-order chi connectivity index (χ1) is 8.96. The van der Waals surface area contributed by atoms with E-state index >= 15 is 0 Å². The molecule has 1 atom stereocenters. The first kappa shape index (κ1) is 13.4. The van der Waals surface area contributed by atoms with E-state index < -0.39 is 37.4 Å². The Kier molecular flexibility index (Phi) is 3.49. The zero-order valence-electron chi connectivity index (χ0n) is 10.0. The van der Waals surface area contributed by atoms with Crippen molar-refractivity contribution in [2.75, 3.05) is 13.2 Å². The van der Waals surface area contributed by atoms with Crippen LogP contribution in [0.15, 0.2) is 24.3 Å². The van der Waals surface area contributed by atoms with Crippen LogP contribution >= 0.6 is 0 Å². The second-order valence-corrected chi connectivity index (χ2v) is 4.52. The number of aliphatic hydroxyl groups excluding tert-OH is 1. The van der Waals surface area contributed by atoms with Crippen molar-refractivity contribution in [1.29, 1.82) is 5.26 Å². The smallest absolute Gasteiger partial charge is 0.267 e. The zero-order valence-corrected chi connectivity index (χ0v) is 10.0. The molecule has 0 bridgehead atoms. The Morgan fingerprint density at radius 3 is 2.63 bits per heavy atom. The number of halogens is 2. The maximum Gasteiger partial charge on any atom is 0.267 e. The van der Waals surface area contributed by atoms with E-state index in [1.54, 1.807) is 0 Å². The average molecular weight is 266 g/mol. The number of aliphatic hydroxyl groups is 1. The molecule has 1 aromatic carbocycles. The van der Waals surface area contributed by atoms with E-state index in [0.29, 0.717) is 5.56 Å².